The topological polar surface area (TPSA) is 111 Å². The lowest BCUT2D eigenvalue weighted by Crippen LogP contribution is -2.58. The lowest BCUT2D eigenvalue weighted by atomic mass is 9.90. The molecule has 42 heavy (non-hydrogen) atoms. The maximum Gasteiger partial charge on any atom is 0.410 e. The number of carbonyl (C=O) groups is 2. The van der Waals surface area contributed by atoms with E-state index in [1.807, 2.05) is 69.3 Å². The van der Waals surface area contributed by atoms with Gasteiger partial charge in [0.15, 0.2) is 0 Å². The molecule has 1 saturated heterocycles. The summed E-state index contributed by atoms with van der Waals surface area (Å²) in [6, 6.07) is 14.4. The standard InChI is InChI=1S/C32H44N2O7S/c1-8-42(37,38)33-26-16-12-19-34(30(36)41-32(5,6)7)27(26)22-23-13-11-14-24(21-23)25-15-9-10-17-28(25)39-20-18-29(35)40-31(2,3)4/h9-11,13-15,17-18,20-21,26-27,33H,8,12,16,19,22H2,1-7H3/b20-18+. The molecule has 10 heteroatoms. The van der Waals surface area contributed by atoms with Gasteiger partial charge in [-0.3, -0.25) is 0 Å². The van der Waals surface area contributed by atoms with E-state index >= 15 is 0 Å². The Bertz CT molecular complexity index is 1370. The number of nitrogens with one attached hydrogen (secondary N) is 1. The number of nitrogens with zero attached hydrogens (tertiary/aromatic N) is 1. The second-order valence-corrected chi connectivity index (χ2v) is 14.4. The molecule has 2 aromatic rings. The molecule has 1 heterocycles. The summed E-state index contributed by atoms with van der Waals surface area (Å²) < 4.78 is 44.7. The van der Waals surface area contributed by atoms with Gasteiger partial charge in [0.1, 0.15) is 17.0 Å². The number of hydrogen-bond acceptors (Lipinski definition) is 7. The molecule has 0 spiro atoms. The van der Waals surface area contributed by atoms with E-state index in [1.54, 1.807) is 32.6 Å². The maximum atomic E-state index is 13.2. The van der Waals surface area contributed by atoms with Crippen LogP contribution in [0.3, 0.4) is 0 Å². The Hall–Kier alpha value is -3.37. The van der Waals surface area contributed by atoms with Crippen LogP contribution in [0.2, 0.25) is 0 Å². The highest BCUT2D eigenvalue weighted by Crippen LogP contribution is 2.32. The van der Waals surface area contributed by atoms with Gasteiger partial charge >= 0.3 is 12.1 Å². The van der Waals surface area contributed by atoms with Crippen LogP contribution in [0, 0.1) is 0 Å². The fourth-order valence-corrected chi connectivity index (χ4v) is 5.62. The highest BCUT2D eigenvalue weighted by atomic mass is 32.2. The zero-order valence-corrected chi connectivity index (χ0v) is 26.5. The Morgan fingerprint density at radius 3 is 2.36 bits per heavy atom. The molecular formula is C32H44N2O7S. The highest BCUT2D eigenvalue weighted by Gasteiger charge is 2.38. The summed E-state index contributed by atoms with van der Waals surface area (Å²) in [7, 11) is -3.50. The maximum absolute atomic E-state index is 13.2. The molecular weight excluding hydrogens is 556 g/mol. The largest absolute Gasteiger partial charge is 0.464 e. The minimum absolute atomic E-state index is 0.0443. The van der Waals surface area contributed by atoms with Gasteiger partial charge in [-0.25, -0.2) is 22.7 Å². The first-order valence-electron chi connectivity index (χ1n) is 14.3. The number of hydrogen-bond donors (Lipinski definition) is 1. The Kier molecular flexibility index (Phi) is 10.8. The van der Waals surface area contributed by atoms with Crippen LogP contribution < -0.4 is 9.46 Å². The quantitative estimate of drug-likeness (QED) is 0.219. The van der Waals surface area contributed by atoms with Crippen molar-refractivity contribution in [3.63, 3.8) is 0 Å². The van der Waals surface area contributed by atoms with E-state index in [9.17, 15) is 18.0 Å². The van der Waals surface area contributed by atoms with Gasteiger partial charge in [0.2, 0.25) is 10.0 Å². The second kappa shape index (κ2) is 13.7. The predicted octanol–water partition coefficient (Wildman–Crippen LogP) is 5.84. The van der Waals surface area contributed by atoms with Gasteiger partial charge in [0, 0.05) is 18.2 Å². The first kappa shape index (κ1) is 33.1. The molecule has 0 radical (unpaired) electrons. The summed E-state index contributed by atoms with van der Waals surface area (Å²) in [5.74, 6) is 0.00505. The predicted molar refractivity (Wildman–Crippen MR) is 164 cm³/mol. The smallest absolute Gasteiger partial charge is 0.410 e. The average molecular weight is 601 g/mol. The van der Waals surface area contributed by atoms with Crippen molar-refractivity contribution in [3.8, 4) is 16.9 Å². The zero-order chi connectivity index (χ0) is 31.1. The fraction of sp³-hybridized carbons (Fsp3) is 0.500. The summed E-state index contributed by atoms with van der Waals surface area (Å²) in [6.45, 7) is 12.9. The molecule has 1 aliphatic rings. The van der Waals surface area contributed by atoms with Crippen LogP contribution in [-0.2, 0) is 30.7 Å². The number of piperidine rings is 1. The number of benzene rings is 2. The third kappa shape index (κ3) is 10.2. The number of likely N-dealkylation sites (tertiary alicyclic amines) is 1. The van der Waals surface area contributed by atoms with Gasteiger partial charge in [0.25, 0.3) is 0 Å². The summed E-state index contributed by atoms with van der Waals surface area (Å²) in [5.41, 5.74) is 1.32. The monoisotopic (exact) mass is 600 g/mol. The molecule has 230 valence electrons. The van der Waals surface area contributed by atoms with Gasteiger partial charge in [-0.15, -0.1) is 0 Å². The molecule has 0 saturated carbocycles. The lowest BCUT2D eigenvalue weighted by molar-refractivity contribution is -0.148. The molecule has 9 nitrogen and oxygen atoms in total. The van der Waals surface area contributed by atoms with Crippen molar-refractivity contribution in [2.24, 2.45) is 0 Å². The Balaban J connectivity index is 1.89. The minimum atomic E-state index is -3.50. The van der Waals surface area contributed by atoms with Crippen molar-refractivity contribution < 1.29 is 32.2 Å². The third-order valence-corrected chi connectivity index (χ3v) is 7.92. The molecule has 3 rings (SSSR count). The summed E-state index contributed by atoms with van der Waals surface area (Å²) in [5, 5.41) is 0. The van der Waals surface area contributed by atoms with Crippen molar-refractivity contribution in [3.05, 3.63) is 66.4 Å². The van der Waals surface area contributed by atoms with Crippen LogP contribution >= 0.6 is 0 Å². The number of carbonyl (C=O) groups excluding carboxylic acids is 2. The number of esters is 1. The molecule has 1 N–H and O–H groups in total. The number of rotatable bonds is 9. The molecule has 0 bridgehead atoms. The van der Waals surface area contributed by atoms with Crippen LogP contribution in [0.25, 0.3) is 11.1 Å². The van der Waals surface area contributed by atoms with Crippen molar-refractivity contribution in [2.75, 3.05) is 12.3 Å². The van der Waals surface area contributed by atoms with Gasteiger partial charge in [-0.1, -0.05) is 42.5 Å². The van der Waals surface area contributed by atoms with Crippen molar-refractivity contribution in [1.82, 2.24) is 9.62 Å². The van der Waals surface area contributed by atoms with Gasteiger partial charge in [-0.2, -0.15) is 0 Å². The van der Waals surface area contributed by atoms with Crippen LogP contribution in [0.1, 0.15) is 66.9 Å². The van der Waals surface area contributed by atoms with Gasteiger partial charge in [0.05, 0.1) is 24.1 Å². The zero-order valence-electron chi connectivity index (χ0n) is 25.7. The molecule has 2 aromatic carbocycles. The fourth-order valence-electron chi connectivity index (χ4n) is 4.72. The van der Waals surface area contributed by atoms with E-state index in [4.69, 9.17) is 14.2 Å². The van der Waals surface area contributed by atoms with E-state index in [-0.39, 0.29) is 5.75 Å². The summed E-state index contributed by atoms with van der Waals surface area (Å²) in [4.78, 5) is 26.9. The number of para-hydroxylation sites is 1. The van der Waals surface area contributed by atoms with Crippen LogP contribution in [0.15, 0.2) is 60.9 Å². The van der Waals surface area contributed by atoms with Crippen molar-refractivity contribution >= 4 is 22.1 Å². The average Bonchev–Trinajstić information content (AvgIpc) is 2.88. The van der Waals surface area contributed by atoms with Crippen molar-refractivity contribution in [2.45, 2.75) is 91.0 Å². The molecule has 0 aromatic heterocycles. The minimum Gasteiger partial charge on any atom is -0.464 e. The lowest BCUT2D eigenvalue weighted by Gasteiger charge is -2.42. The van der Waals surface area contributed by atoms with Crippen molar-refractivity contribution in [1.29, 1.82) is 0 Å². The van der Waals surface area contributed by atoms with E-state index in [1.165, 1.54) is 12.3 Å². The molecule has 1 amide bonds. The first-order valence-corrected chi connectivity index (χ1v) is 16.0. The number of ether oxygens (including phenoxy) is 3. The molecule has 2 atom stereocenters. The van der Waals surface area contributed by atoms with Crippen LogP contribution in [0.5, 0.6) is 5.75 Å². The van der Waals surface area contributed by atoms with Gasteiger partial charge in [-0.05, 0) is 84.9 Å². The van der Waals surface area contributed by atoms with Gasteiger partial charge < -0.3 is 19.1 Å². The number of amides is 1. The van der Waals surface area contributed by atoms with E-state index in [2.05, 4.69) is 4.72 Å². The second-order valence-electron chi connectivity index (χ2n) is 12.4. The summed E-state index contributed by atoms with van der Waals surface area (Å²) >= 11 is 0. The SMILES string of the molecule is CCS(=O)(=O)NC1CCCN(C(=O)OC(C)(C)C)C1Cc1cccc(-c2ccccc2O/C=C/C(=O)OC(C)(C)C)c1. The van der Waals surface area contributed by atoms with E-state index in [0.717, 1.165) is 16.7 Å². The molecule has 0 aliphatic carbocycles. The number of sulfonamides is 1. The Labute approximate surface area is 250 Å². The third-order valence-electron chi connectivity index (χ3n) is 6.49. The highest BCUT2D eigenvalue weighted by molar-refractivity contribution is 7.89. The Morgan fingerprint density at radius 1 is 1.00 bits per heavy atom. The normalized spacial score (nSPS) is 18.1. The molecule has 1 aliphatic heterocycles. The molecule has 2 unspecified atom stereocenters. The molecule has 1 fully saturated rings. The van der Waals surface area contributed by atoms with E-state index < -0.39 is 45.4 Å². The van der Waals surface area contributed by atoms with E-state index in [0.29, 0.717) is 31.6 Å². The Morgan fingerprint density at radius 2 is 1.69 bits per heavy atom. The van der Waals surface area contributed by atoms with Crippen LogP contribution in [0.4, 0.5) is 4.79 Å². The van der Waals surface area contributed by atoms with Crippen LogP contribution in [-0.4, -0.2) is 61.0 Å². The summed E-state index contributed by atoms with van der Waals surface area (Å²) in [6.07, 6.45) is 3.79. The first-order chi connectivity index (χ1) is 19.6.